The molecule has 7 nitrogen and oxygen atoms in total. The minimum absolute atomic E-state index is 0.0907. The molecule has 3 N–H and O–H groups in total. The van der Waals surface area contributed by atoms with Gasteiger partial charge in [0.2, 0.25) is 0 Å². The van der Waals surface area contributed by atoms with E-state index in [1.807, 2.05) is 24.3 Å². The van der Waals surface area contributed by atoms with E-state index < -0.39 is 0 Å². The van der Waals surface area contributed by atoms with Crippen molar-refractivity contribution in [1.82, 2.24) is 15.3 Å². The molecule has 0 aliphatic heterocycles. The van der Waals surface area contributed by atoms with Crippen LogP contribution in [0.25, 0.3) is 22.2 Å². The third kappa shape index (κ3) is 4.62. The van der Waals surface area contributed by atoms with E-state index in [1.165, 1.54) is 20.0 Å². The average Bonchev–Trinajstić information content (AvgIpc) is 3.02. The molecule has 156 valence electrons. The molecule has 0 radical (unpaired) electrons. The van der Waals surface area contributed by atoms with E-state index in [0.29, 0.717) is 17.1 Å². The van der Waals surface area contributed by atoms with Crippen molar-refractivity contribution in [3.05, 3.63) is 42.6 Å². The first-order valence-electron chi connectivity index (χ1n) is 10.3. The number of hydrogen-bond acceptors (Lipinski definition) is 5. The number of nitrogens with zero attached hydrogens (tertiary/aromatic N) is 2. The molecule has 1 aromatic heterocycles. The van der Waals surface area contributed by atoms with Crippen molar-refractivity contribution in [3.63, 3.8) is 0 Å². The van der Waals surface area contributed by atoms with Gasteiger partial charge in [0.25, 0.3) is 0 Å². The summed E-state index contributed by atoms with van der Waals surface area (Å²) < 4.78 is 5.20. The number of nitrogens with one attached hydrogen (secondary N) is 2. The van der Waals surface area contributed by atoms with Gasteiger partial charge in [0.15, 0.2) is 17.3 Å². The van der Waals surface area contributed by atoms with Gasteiger partial charge in [0, 0.05) is 6.04 Å². The monoisotopic (exact) mass is 406 g/mol. The molecular formula is C23H26N4O3. The summed E-state index contributed by atoms with van der Waals surface area (Å²) in [5.41, 5.74) is 3.21. The predicted molar refractivity (Wildman–Crippen MR) is 117 cm³/mol. The van der Waals surface area contributed by atoms with Crippen molar-refractivity contribution in [3.8, 4) is 22.6 Å². The second-order valence-corrected chi connectivity index (χ2v) is 7.63. The maximum Gasteiger partial charge on any atom is 0.320 e. The number of rotatable bonds is 4. The summed E-state index contributed by atoms with van der Waals surface area (Å²) in [6, 6.07) is 10.9. The number of aromatic hydroxyl groups is 1. The third-order valence-electron chi connectivity index (χ3n) is 5.49. The zero-order chi connectivity index (χ0) is 20.9. The molecule has 0 unspecified atom stereocenters. The van der Waals surface area contributed by atoms with Gasteiger partial charge in [-0.15, -0.1) is 0 Å². The lowest BCUT2D eigenvalue weighted by Gasteiger charge is -2.16. The molecule has 4 rings (SSSR count). The van der Waals surface area contributed by atoms with Crippen LogP contribution in [0.5, 0.6) is 11.5 Å². The molecule has 3 aromatic rings. The van der Waals surface area contributed by atoms with E-state index >= 15 is 0 Å². The van der Waals surface area contributed by atoms with Gasteiger partial charge in [-0.05, 0) is 48.2 Å². The molecule has 1 aliphatic rings. The molecular weight excluding hydrogens is 380 g/mol. The Morgan fingerprint density at radius 1 is 1.03 bits per heavy atom. The number of methoxy groups -OCH3 is 1. The highest BCUT2D eigenvalue weighted by Gasteiger charge is 2.15. The number of fused-ring (bicyclic) bond motifs is 1. The highest BCUT2D eigenvalue weighted by atomic mass is 16.5. The lowest BCUT2D eigenvalue weighted by molar-refractivity contribution is 0.247. The van der Waals surface area contributed by atoms with Crippen LogP contribution in [0.15, 0.2) is 42.6 Å². The maximum atomic E-state index is 12.4. The van der Waals surface area contributed by atoms with Crippen molar-refractivity contribution in [1.29, 1.82) is 0 Å². The van der Waals surface area contributed by atoms with Gasteiger partial charge in [0.1, 0.15) is 0 Å². The van der Waals surface area contributed by atoms with Gasteiger partial charge in [-0.3, -0.25) is 10.3 Å². The zero-order valence-electron chi connectivity index (χ0n) is 17.0. The average molecular weight is 406 g/mol. The first kappa shape index (κ1) is 19.9. The Bertz CT molecular complexity index is 1050. The quantitative estimate of drug-likeness (QED) is 0.538. The van der Waals surface area contributed by atoms with Crippen molar-refractivity contribution in [2.45, 2.75) is 44.6 Å². The molecule has 0 saturated heterocycles. The maximum absolute atomic E-state index is 12.4. The van der Waals surface area contributed by atoms with Crippen LogP contribution in [0, 0.1) is 0 Å². The SMILES string of the molecule is COc1cc(-c2ccc3ncc(NC(=O)NC4CCCCCC4)nc3c2)ccc1O. The molecule has 1 fully saturated rings. The fourth-order valence-corrected chi connectivity index (χ4v) is 3.87. The van der Waals surface area contributed by atoms with E-state index in [0.717, 1.165) is 42.3 Å². The van der Waals surface area contributed by atoms with Crippen molar-refractivity contribution >= 4 is 22.9 Å². The molecule has 1 heterocycles. The van der Waals surface area contributed by atoms with E-state index in [-0.39, 0.29) is 17.8 Å². The van der Waals surface area contributed by atoms with Gasteiger partial charge in [0.05, 0.1) is 24.3 Å². The molecule has 2 aromatic carbocycles. The number of benzene rings is 2. The van der Waals surface area contributed by atoms with Crippen molar-refractivity contribution < 1.29 is 14.6 Å². The highest BCUT2D eigenvalue weighted by Crippen LogP contribution is 2.32. The minimum Gasteiger partial charge on any atom is -0.504 e. The highest BCUT2D eigenvalue weighted by molar-refractivity contribution is 5.90. The Morgan fingerprint density at radius 2 is 1.77 bits per heavy atom. The fourth-order valence-electron chi connectivity index (χ4n) is 3.87. The molecule has 30 heavy (non-hydrogen) atoms. The number of urea groups is 1. The summed E-state index contributed by atoms with van der Waals surface area (Å²) in [7, 11) is 1.52. The topological polar surface area (TPSA) is 96.4 Å². The summed E-state index contributed by atoms with van der Waals surface area (Å²) >= 11 is 0. The van der Waals surface area contributed by atoms with Crippen LogP contribution in [0.3, 0.4) is 0 Å². The summed E-state index contributed by atoms with van der Waals surface area (Å²) in [5.74, 6) is 0.909. The number of carbonyl (C=O) groups excluding carboxylic acids is 1. The van der Waals surface area contributed by atoms with Gasteiger partial charge < -0.3 is 15.2 Å². The van der Waals surface area contributed by atoms with Crippen LogP contribution in [0.4, 0.5) is 10.6 Å². The summed E-state index contributed by atoms with van der Waals surface area (Å²) in [6.07, 6.45) is 8.41. The molecule has 7 heteroatoms. The van der Waals surface area contributed by atoms with Gasteiger partial charge in [-0.1, -0.05) is 37.8 Å². The first-order chi connectivity index (χ1) is 14.6. The molecule has 0 spiro atoms. The molecule has 1 saturated carbocycles. The Balaban J connectivity index is 1.52. The Hall–Kier alpha value is -3.35. The molecule has 0 bridgehead atoms. The van der Waals surface area contributed by atoms with E-state index in [1.54, 1.807) is 18.3 Å². The Labute approximate surface area is 175 Å². The van der Waals surface area contributed by atoms with Crippen molar-refractivity contribution in [2.75, 3.05) is 12.4 Å². The van der Waals surface area contributed by atoms with E-state index in [9.17, 15) is 9.90 Å². The number of amides is 2. The zero-order valence-corrected chi connectivity index (χ0v) is 17.0. The number of ether oxygens (including phenoxy) is 1. The molecule has 2 amide bonds. The lowest BCUT2D eigenvalue weighted by Crippen LogP contribution is -2.37. The van der Waals surface area contributed by atoms with Crippen LogP contribution in [0.1, 0.15) is 38.5 Å². The normalized spacial score (nSPS) is 14.8. The van der Waals surface area contributed by atoms with Gasteiger partial charge in [-0.25, -0.2) is 9.78 Å². The lowest BCUT2D eigenvalue weighted by atomic mass is 10.0. The summed E-state index contributed by atoms with van der Waals surface area (Å²) in [6.45, 7) is 0. The first-order valence-corrected chi connectivity index (χ1v) is 10.3. The number of anilines is 1. The standard InChI is InChI=1S/C23H26N4O3/c1-30-21-13-16(9-11-20(21)28)15-8-10-18-19(12-15)26-22(14-24-18)27-23(29)25-17-6-4-2-3-5-7-17/h8-14,17,28H,2-7H2,1H3,(H2,25,26,27,29). The minimum atomic E-state index is -0.241. The largest absolute Gasteiger partial charge is 0.504 e. The van der Waals surface area contributed by atoms with Crippen molar-refractivity contribution in [2.24, 2.45) is 0 Å². The number of phenolic OH excluding ortho intramolecular Hbond substituents is 1. The third-order valence-corrected chi connectivity index (χ3v) is 5.49. The molecule has 1 aliphatic carbocycles. The number of aromatic nitrogens is 2. The second kappa shape index (κ2) is 8.98. The van der Waals surface area contributed by atoms with Gasteiger partial charge in [-0.2, -0.15) is 0 Å². The van der Waals surface area contributed by atoms with Crippen LogP contribution in [-0.2, 0) is 0 Å². The number of carbonyl (C=O) groups is 1. The fraction of sp³-hybridized carbons (Fsp3) is 0.348. The van der Waals surface area contributed by atoms with E-state index in [4.69, 9.17) is 4.74 Å². The van der Waals surface area contributed by atoms with Crippen LogP contribution in [-0.4, -0.2) is 34.3 Å². The Kier molecular flexibility index (Phi) is 5.97. The van der Waals surface area contributed by atoms with Gasteiger partial charge >= 0.3 is 6.03 Å². The van der Waals surface area contributed by atoms with Crippen LogP contribution in [0.2, 0.25) is 0 Å². The van der Waals surface area contributed by atoms with Crippen LogP contribution >= 0.6 is 0 Å². The number of hydrogen-bond donors (Lipinski definition) is 3. The Morgan fingerprint density at radius 3 is 2.53 bits per heavy atom. The van der Waals surface area contributed by atoms with E-state index in [2.05, 4.69) is 20.6 Å². The number of phenols is 1. The summed E-state index contributed by atoms with van der Waals surface area (Å²) in [5, 5.41) is 15.7. The summed E-state index contributed by atoms with van der Waals surface area (Å²) in [4.78, 5) is 21.4. The molecule has 0 atom stereocenters. The second-order valence-electron chi connectivity index (χ2n) is 7.63. The van der Waals surface area contributed by atoms with Crippen LogP contribution < -0.4 is 15.4 Å². The predicted octanol–water partition coefficient (Wildman–Crippen LogP) is 4.86. The smallest absolute Gasteiger partial charge is 0.320 e.